The van der Waals surface area contributed by atoms with Crippen LogP contribution in [0.25, 0.3) is 0 Å². The molecular weight excluding hydrogens is 228 g/mol. The van der Waals surface area contributed by atoms with E-state index in [-0.39, 0.29) is 17.6 Å². The summed E-state index contributed by atoms with van der Waals surface area (Å²) in [6.07, 6.45) is 0.817. The first-order valence-corrected chi connectivity index (χ1v) is 6.42. The molecule has 0 bridgehead atoms. The summed E-state index contributed by atoms with van der Waals surface area (Å²) in [6.45, 7) is 14.7. The molecule has 0 spiro atoms. The van der Waals surface area contributed by atoms with Crippen molar-refractivity contribution >= 4 is 5.78 Å². The highest BCUT2D eigenvalue weighted by Gasteiger charge is 2.38. The highest BCUT2D eigenvalue weighted by atomic mass is 16.3. The summed E-state index contributed by atoms with van der Waals surface area (Å²) in [4.78, 5) is 11.4. The Morgan fingerprint density at radius 1 is 1.06 bits per heavy atom. The van der Waals surface area contributed by atoms with E-state index in [9.17, 15) is 15.0 Å². The number of rotatable bonds is 6. The van der Waals surface area contributed by atoms with Gasteiger partial charge in [-0.05, 0) is 44.6 Å². The van der Waals surface area contributed by atoms with Crippen LogP contribution in [-0.2, 0) is 4.79 Å². The molecule has 18 heavy (non-hydrogen) atoms. The molecule has 0 aromatic rings. The highest BCUT2D eigenvalue weighted by Crippen LogP contribution is 2.38. The van der Waals surface area contributed by atoms with Gasteiger partial charge in [0.15, 0.2) is 0 Å². The number of hydrogen-bond donors (Lipinski definition) is 2. The van der Waals surface area contributed by atoms with E-state index in [2.05, 4.69) is 6.58 Å². The predicted octanol–water partition coefficient (Wildman–Crippen LogP) is 2.85. The van der Waals surface area contributed by atoms with Gasteiger partial charge < -0.3 is 10.2 Å². The average Bonchev–Trinajstić information content (AvgIpc) is 2.10. The summed E-state index contributed by atoms with van der Waals surface area (Å²) in [5, 5.41) is 20.5. The molecule has 0 heterocycles. The lowest BCUT2D eigenvalue weighted by Gasteiger charge is -2.38. The minimum Gasteiger partial charge on any atom is -0.390 e. The van der Waals surface area contributed by atoms with Crippen LogP contribution in [-0.4, -0.2) is 27.2 Å². The largest absolute Gasteiger partial charge is 0.390 e. The Labute approximate surface area is 111 Å². The van der Waals surface area contributed by atoms with Crippen molar-refractivity contribution < 1.29 is 15.0 Å². The first-order chi connectivity index (χ1) is 7.78. The number of aliphatic hydroxyl groups is 2. The summed E-state index contributed by atoms with van der Waals surface area (Å²) < 4.78 is 0. The molecule has 0 unspecified atom stereocenters. The second kappa shape index (κ2) is 5.54. The fraction of sp³-hybridized carbons (Fsp3) is 0.800. The van der Waals surface area contributed by atoms with E-state index in [4.69, 9.17) is 0 Å². The number of carbonyl (C=O) groups is 1. The zero-order valence-corrected chi connectivity index (χ0v) is 12.6. The topological polar surface area (TPSA) is 57.5 Å². The Morgan fingerprint density at radius 3 is 1.78 bits per heavy atom. The monoisotopic (exact) mass is 256 g/mol. The first-order valence-electron chi connectivity index (χ1n) is 6.42. The summed E-state index contributed by atoms with van der Waals surface area (Å²) in [6, 6.07) is 0. The molecule has 0 aliphatic heterocycles. The van der Waals surface area contributed by atoms with Crippen LogP contribution in [0.15, 0.2) is 12.2 Å². The van der Waals surface area contributed by atoms with Crippen molar-refractivity contribution in [2.24, 2.45) is 5.41 Å². The Bertz CT molecular complexity index is 318. The zero-order chi connectivity index (χ0) is 14.8. The van der Waals surface area contributed by atoms with E-state index in [1.165, 1.54) is 6.92 Å². The van der Waals surface area contributed by atoms with E-state index in [0.717, 1.165) is 0 Å². The molecule has 106 valence electrons. The van der Waals surface area contributed by atoms with E-state index in [0.29, 0.717) is 18.4 Å². The Morgan fingerprint density at radius 2 is 1.50 bits per heavy atom. The fourth-order valence-corrected chi connectivity index (χ4v) is 1.97. The molecule has 0 aliphatic carbocycles. The predicted molar refractivity (Wildman–Crippen MR) is 74.4 cm³/mol. The molecule has 2 N–H and O–H groups in total. The van der Waals surface area contributed by atoms with Crippen molar-refractivity contribution in [3.8, 4) is 0 Å². The van der Waals surface area contributed by atoms with Crippen LogP contribution in [0.3, 0.4) is 0 Å². The first kappa shape index (κ1) is 17.3. The lowest BCUT2D eigenvalue weighted by molar-refractivity contribution is -0.121. The molecule has 1 atom stereocenters. The van der Waals surface area contributed by atoms with Gasteiger partial charge in [-0.1, -0.05) is 27.4 Å². The Kier molecular flexibility index (Phi) is 5.33. The molecule has 0 saturated carbocycles. The zero-order valence-electron chi connectivity index (χ0n) is 12.6. The molecule has 0 aliphatic rings. The van der Waals surface area contributed by atoms with Crippen LogP contribution in [0.5, 0.6) is 0 Å². The van der Waals surface area contributed by atoms with Gasteiger partial charge in [0.2, 0.25) is 0 Å². The van der Waals surface area contributed by atoms with Crippen LogP contribution in [0.2, 0.25) is 0 Å². The van der Waals surface area contributed by atoms with Crippen molar-refractivity contribution in [1.29, 1.82) is 0 Å². The van der Waals surface area contributed by atoms with Crippen LogP contribution >= 0.6 is 0 Å². The smallest absolute Gasteiger partial charge is 0.133 e. The van der Waals surface area contributed by atoms with Crippen molar-refractivity contribution in [2.45, 2.75) is 72.0 Å². The van der Waals surface area contributed by atoms with E-state index < -0.39 is 11.2 Å². The van der Waals surface area contributed by atoms with Crippen molar-refractivity contribution in [2.75, 3.05) is 0 Å². The maximum Gasteiger partial charge on any atom is 0.133 e. The minimum absolute atomic E-state index is 0.0547. The van der Waals surface area contributed by atoms with Gasteiger partial charge in [0.25, 0.3) is 0 Å². The highest BCUT2D eigenvalue weighted by molar-refractivity contribution is 5.77. The molecule has 0 amide bonds. The van der Waals surface area contributed by atoms with Crippen LogP contribution in [0, 0.1) is 5.41 Å². The Balaban J connectivity index is 5.07. The molecule has 0 aromatic heterocycles. The Hall–Kier alpha value is -0.670. The van der Waals surface area contributed by atoms with Gasteiger partial charge in [-0.15, -0.1) is 0 Å². The third kappa shape index (κ3) is 5.78. The SMILES string of the molecule is C=C(C(C)(C)C)[C@@](O)(CCC(C)(C)O)CC(C)=O. The second-order valence-electron chi connectivity index (χ2n) is 6.95. The number of hydrogen-bond acceptors (Lipinski definition) is 3. The third-order valence-corrected chi connectivity index (χ3v) is 3.16. The molecule has 0 fully saturated rings. The maximum absolute atomic E-state index is 11.4. The number of Topliss-reactive ketones (excluding diaryl/α,β-unsaturated/α-hetero) is 1. The quantitative estimate of drug-likeness (QED) is 0.718. The fourth-order valence-electron chi connectivity index (χ4n) is 1.97. The standard InChI is InChI=1S/C15H28O3/c1-11(16)10-15(18,9-8-14(6,7)17)12(2)13(3,4)5/h17-18H,2,8-10H2,1,3-7H3/t15-/m1/s1. The van der Waals surface area contributed by atoms with E-state index in [1.807, 2.05) is 20.8 Å². The van der Waals surface area contributed by atoms with Gasteiger partial charge in [0.05, 0.1) is 11.2 Å². The minimum atomic E-state index is -1.23. The van der Waals surface area contributed by atoms with E-state index in [1.54, 1.807) is 13.8 Å². The molecule has 0 radical (unpaired) electrons. The lowest BCUT2D eigenvalue weighted by Crippen LogP contribution is -2.40. The molecule has 3 nitrogen and oxygen atoms in total. The van der Waals surface area contributed by atoms with E-state index >= 15 is 0 Å². The van der Waals surface area contributed by atoms with Gasteiger partial charge in [0.1, 0.15) is 5.78 Å². The maximum atomic E-state index is 11.4. The van der Waals surface area contributed by atoms with Gasteiger partial charge in [-0.25, -0.2) is 0 Å². The summed E-state index contributed by atoms with van der Waals surface area (Å²) in [7, 11) is 0. The van der Waals surface area contributed by atoms with Crippen molar-refractivity contribution in [3.63, 3.8) is 0 Å². The molecule has 0 aromatic carbocycles. The number of carbonyl (C=O) groups excluding carboxylic acids is 1. The van der Waals surface area contributed by atoms with Crippen LogP contribution in [0.1, 0.15) is 60.8 Å². The second-order valence-corrected chi connectivity index (χ2v) is 6.95. The molecule has 3 heteroatoms. The summed E-state index contributed by atoms with van der Waals surface area (Å²) >= 11 is 0. The van der Waals surface area contributed by atoms with Gasteiger partial charge >= 0.3 is 0 Å². The van der Waals surface area contributed by atoms with Crippen LogP contribution < -0.4 is 0 Å². The van der Waals surface area contributed by atoms with Crippen molar-refractivity contribution in [3.05, 3.63) is 12.2 Å². The average molecular weight is 256 g/mol. The molecular formula is C15H28O3. The molecule has 0 rings (SSSR count). The van der Waals surface area contributed by atoms with Crippen molar-refractivity contribution in [1.82, 2.24) is 0 Å². The lowest BCUT2D eigenvalue weighted by atomic mass is 9.72. The van der Waals surface area contributed by atoms with Gasteiger partial charge in [0, 0.05) is 6.42 Å². The van der Waals surface area contributed by atoms with Crippen LogP contribution in [0.4, 0.5) is 0 Å². The summed E-state index contributed by atoms with van der Waals surface area (Å²) in [5.74, 6) is -0.0707. The van der Waals surface area contributed by atoms with Gasteiger partial charge in [-0.2, -0.15) is 0 Å². The number of ketones is 1. The van der Waals surface area contributed by atoms with Gasteiger partial charge in [-0.3, -0.25) is 4.79 Å². The molecule has 0 saturated heterocycles. The third-order valence-electron chi connectivity index (χ3n) is 3.16. The summed E-state index contributed by atoms with van der Waals surface area (Å²) in [5.41, 5.74) is -1.72. The normalized spacial score (nSPS) is 16.2.